The summed E-state index contributed by atoms with van der Waals surface area (Å²) in [4.78, 5) is 4.37. The Morgan fingerprint density at radius 2 is 2.25 bits per heavy atom. The first-order valence-corrected chi connectivity index (χ1v) is 5.77. The van der Waals surface area contributed by atoms with Crippen molar-refractivity contribution in [1.29, 1.82) is 0 Å². The smallest absolute Gasteiger partial charge is 0.0909 e. The second-order valence-electron chi connectivity index (χ2n) is 3.99. The monoisotopic (exact) mass is 218 g/mol. The highest BCUT2D eigenvalue weighted by molar-refractivity contribution is 6.14. The van der Waals surface area contributed by atoms with Gasteiger partial charge in [0, 0.05) is 25.6 Å². The summed E-state index contributed by atoms with van der Waals surface area (Å²) in [5, 5.41) is 3.27. The predicted molar refractivity (Wildman–Crippen MR) is 66.2 cm³/mol. The molecule has 86 valence electrons. The second-order valence-corrected chi connectivity index (χ2v) is 3.99. The molecule has 0 radical (unpaired) electrons. The molecular weight excluding hydrogens is 200 g/mol. The van der Waals surface area contributed by atoms with E-state index >= 15 is 0 Å². The molecule has 2 rings (SSSR count). The van der Waals surface area contributed by atoms with E-state index in [1.807, 2.05) is 13.0 Å². The SMILES string of the molecule is C=C/N=C1/C(C2CCOCC2)=CN/C1=C/C. The van der Waals surface area contributed by atoms with Gasteiger partial charge in [-0.1, -0.05) is 12.7 Å². The molecule has 2 heterocycles. The van der Waals surface area contributed by atoms with E-state index in [4.69, 9.17) is 4.74 Å². The van der Waals surface area contributed by atoms with Crippen molar-refractivity contribution in [2.75, 3.05) is 13.2 Å². The third-order valence-electron chi connectivity index (χ3n) is 3.08. The molecule has 16 heavy (non-hydrogen) atoms. The molecule has 0 bridgehead atoms. The maximum atomic E-state index is 5.39. The van der Waals surface area contributed by atoms with Gasteiger partial charge in [-0.3, -0.25) is 4.99 Å². The van der Waals surface area contributed by atoms with Crippen LogP contribution in [0.25, 0.3) is 0 Å². The molecule has 0 amide bonds. The number of hydrogen-bond donors (Lipinski definition) is 1. The van der Waals surface area contributed by atoms with E-state index in [1.165, 1.54) is 5.57 Å². The minimum atomic E-state index is 0.567. The van der Waals surface area contributed by atoms with Crippen LogP contribution in [0.5, 0.6) is 0 Å². The molecule has 0 aliphatic carbocycles. The van der Waals surface area contributed by atoms with Crippen molar-refractivity contribution in [3.63, 3.8) is 0 Å². The van der Waals surface area contributed by atoms with Crippen molar-refractivity contribution in [3.05, 3.63) is 36.3 Å². The minimum Gasteiger partial charge on any atom is -0.381 e. The van der Waals surface area contributed by atoms with E-state index in [1.54, 1.807) is 6.20 Å². The summed E-state index contributed by atoms with van der Waals surface area (Å²) >= 11 is 0. The topological polar surface area (TPSA) is 33.6 Å². The van der Waals surface area contributed by atoms with E-state index in [-0.39, 0.29) is 0 Å². The van der Waals surface area contributed by atoms with Gasteiger partial charge in [-0.15, -0.1) is 0 Å². The first-order valence-electron chi connectivity index (χ1n) is 5.77. The summed E-state index contributed by atoms with van der Waals surface area (Å²) < 4.78 is 5.39. The van der Waals surface area contributed by atoms with E-state index in [9.17, 15) is 0 Å². The molecule has 0 unspecified atom stereocenters. The predicted octanol–water partition coefficient (Wildman–Crippen LogP) is 2.39. The lowest BCUT2D eigenvalue weighted by atomic mass is 9.89. The zero-order chi connectivity index (χ0) is 11.4. The van der Waals surface area contributed by atoms with E-state index in [0.717, 1.165) is 37.5 Å². The van der Waals surface area contributed by atoms with Crippen LogP contribution in [0.1, 0.15) is 19.8 Å². The average Bonchev–Trinajstić information content (AvgIpc) is 2.74. The number of hydrogen-bond acceptors (Lipinski definition) is 3. The lowest BCUT2D eigenvalue weighted by Gasteiger charge is -2.23. The van der Waals surface area contributed by atoms with Crippen LogP contribution in [0.15, 0.2) is 41.3 Å². The molecule has 0 spiro atoms. The molecule has 1 saturated heterocycles. The fourth-order valence-electron chi connectivity index (χ4n) is 2.22. The van der Waals surface area contributed by atoms with Crippen molar-refractivity contribution in [1.82, 2.24) is 5.32 Å². The molecule has 2 aliphatic heterocycles. The maximum absolute atomic E-state index is 5.39. The van der Waals surface area contributed by atoms with Gasteiger partial charge < -0.3 is 10.1 Å². The minimum absolute atomic E-state index is 0.567. The van der Waals surface area contributed by atoms with Gasteiger partial charge in [-0.25, -0.2) is 0 Å². The van der Waals surface area contributed by atoms with Gasteiger partial charge in [0.1, 0.15) is 0 Å². The number of nitrogens with one attached hydrogen (secondary N) is 1. The van der Waals surface area contributed by atoms with Gasteiger partial charge in [-0.2, -0.15) is 0 Å². The number of ether oxygens (including phenoxy) is 1. The Hall–Kier alpha value is -1.35. The van der Waals surface area contributed by atoms with Crippen LogP contribution in [0.3, 0.4) is 0 Å². The Morgan fingerprint density at radius 3 is 2.88 bits per heavy atom. The highest BCUT2D eigenvalue weighted by Crippen LogP contribution is 2.28. The molecule has 0 atom stereocenters. The Bertz CT molecular complexity index is 360. The third kappa shape index (κ3) is 2.09. The van der Waals surface area contributed by atoms with Crippen molar-refractivity contribution < 1.29 is 4.74 Å². The lowest BCUT2D eigenvalue weighted by molar-refractivity contribution is 0.0771. The van der Waals surface area contributed by atoms with Crippen molar-refractivity contribution in [2.24, 2.45) is 10.9 Å². The first-order chi connectivity index (χ1) is 7.86. The van der Waals surface area contributed by atoms with Crippen molar-refractivity contribution in [3.8, 4) is 0 Å². The van der Waals surface area contributed by atoms with Crippen LogP contribution in [0.2, 0.25) is 0 Å². The maximum Gasteiger partial charge on any atom is 0.0909 e. The lowest BCUT2D eigenvalue weighted by Crippen LogP contribution is -2.20. The molecule has 3 heteroatoms. The highest BCUT2D eigenvalue weighted by Gasteiger charge is 2.26. The standard InChI is InChI=1S/C13H18N2O/c1-3-12-13(14-4-2)11(9-15-12)10-5-7-16-8-6-10/h3-4,9-10,15H,2,5-8H2,1H3/b12-3+,14-13-. The van der Waals surface area contributed by atoms with Gasteiger partial charge in [0.2, 0.25) is 0 Å². The third-order valence-corrected chi connectivity index (χ3v) is 3.08. The summed E-state index contributed by atoms with van der Waals surface area (Å²) in [5.41, 5.74) is 3.43. The van der Waals surface area contributed by atoms with Gasteiger partial charge >= 0.3 is 0 Å². The van der Waals surface area contributed by atoms with Crippen LogP contribution in [0, 0.1) is 5.92 Å². The molecule has 1 fully saturated rings. The second kappa shape index (κ2) is 5.12. The van der Waals surface area contributed by atoms with E-state index in [0.29, 0.717) is 5.92 Å². The molecule has 0 saturated carbocycles. The van der Waals surface area contributed by atoms with Crippen molar-refractivity contribution in [2.45, 2.75) is 19.8 Å². The summed E-state index contributed by atoms with van der Waals surface area (Å²) in [6.45, 7) is 7.41. The molecule has 0 aromatic rings. The zero-order valence-corrected chi connectivity index (χ0v) is 9.70. The molecular formula is C13H18N2O. The largest absolute Gasteiger partial charge is 0.381 e. The van der Waals surface area contributed by atoms with Crippen molar-refractivity contribution >= 4 is 5.71 Å². The molecule has 2 aliphatic rings. The summed E-state index contributed by atoms with van der Waals surface area (Å²) in [5.74, 6) is 0.567. The Balaban J connectivity index is 2.20. The first kappa shape index (κ1) is 11.1. The molecule has 0 aromatic carbocycles. The number of allylic oxidation sites excluding steroid dienone is 2. The van der Waals surface area contributed by atoms with Crippen LogP contribution in [-0.2, 0) is 4.74 Å². The summed E-state index contributed by atoms with van der Waals surface area (Å²) in [6, 6.07) is 0. The van der Waals surface area contributed by atoms with Gasteiger partial charge in [0.25, 0.3) is 0 Å². The van der Waals surface area contributed by atoms with Crippen LogP contribution in [-0.4, -0.2) is 18.9 Å². The van der Waals surface area contributed by atoms with E-state index in [2.05, 4.69) is 23.1 Å². The normalized spacial score (nSPS) is 26.9. The average molecular weight is 218 g/mol. The molecule has 0 aromatic heterocycles. The fraction of sp³-hybridized carbons (Fsp3) is 0.462. The van der Waals surface area contributed by atoms with Gasteiger partial charge in [0.15, 0.2) is 0 Å². The fourth-order valence-corrected chi connectivity index (χ4v) is 2.22. The Morgan fingerprint density at radius 1 is 1.50 bits per heavy atom. The summed E-state index contributed by atoms with van der Waals surface area (Å²) in [7, 11) is 0. The van der Waals surface area contributed by atoms with E-state index < -0.39 is 0 Å². The van der Waals surface area contributed by atoms with Gasteiger partial charge in [-0.05, 0) is 31.3 Å². The van der Waals surface area contributed by atoms with Crippen LogP contribution >= 0.6 is 0 Å². The molecule has 3 nitrogen and oxygen atoms in total. The van der Waals surface area contributed by atoms with Crippen LogP contribution < -0.4 is 5.32 Å². The zero-order valence-electron chi connectivity index (χ0n) is 9.70. The van der Waals surface area contributed by atoms with Crippen LogP contribution in [0.4, 0.5) is 0 Å². The quantitative estimate of drug-likeness (QED) is 0.772. The number of rotatable bonds is 2. The number of aliphatic imine (C=N–C) groups is 1. The highest BCUT2D eigenvalue weighted by atomic mass is 16.5. The van der Waals surface area contributed by atoms with Gasteiger partial charge in [0.05, 0.1) is 11.4 Å². The Kier molecular flexibility index (Phi) is 3.57. The number of nitrogens with zero attached hydrogens (tertiary/aromatic N) is 1. The summed E-state index contributed by atoms with van der Waals surface area (Å²) in [6.07, 6.45) is 7.90. The Labute approximate surface area is 96.6 Å². The molecule has 1 N–H and O–H groups in total.